The molecule has 178 valence electrons. The standard InChI is InChI=1S/C26H26F2N2O4/c1-32-19-10-8-18(9-11-19)26(27,28)24-15-23(21-14-20(33-2)12-13-22(21)29-24)30-25(31)34-16-17-6-4-3-5-7-17/h3-14,23-24,29H,15-16H2,1-2H3,(H,30,31)/t23-,24-/m0/s1. The molecule has 8 heteroatoms. The zero-order chi connectivity index (χ0) is 24.1. The Labute approximate surface area is 196 Å². The Hall–Kier alpha value is -3.81. The number of methoxy groups -OCH3 is 2. The molecule has 0 aromatic heterocycles. The van der Waals surface area contributed by atoms with Crippen molar-refractivity contribution in [2.45, 2.75) is 31.0 Å². The third kappa shape index (κ3) is 5.06. The van der Waals surface area contributed by atoms with Gasteiger partial charge in [-0.3, -0.25) is 0 Å². The van der Waals surface area contributed by atoms with E-state index in [0.29, 0.717) is 22.7 Å². The molecule has 2 atom stereocenters. The highest BCUT2D eigenvalue weighted by Crippen LogP contribution is 2.43. The van der Waals surface area contributed by atoms with Gasteiger partial charge in [0, 0.05) is 16.8 Å². The summed E-state index contributed by atoms with van der Waals surface area (Å²) in [5.41, 5.74) is 1.83. The van der Waals surface area contributed by atoms with Crippen molar-refractivity contribution in [2.75, 3.05) is 19.5 Å². The highest BCUT2D eigenvalue weighted by molar-refractivity contribution is 5.70. The predicted octanol–water partition coefficient (Wildman–Crippen LogP) is 5.65. The molecule has 4 rings (SSSR count). The number of rotatable bonds is 7. The second kappa shape index (κ2) is 9.99. The zero-order valence-electron chi connectivity index (χ0n) is 18.9. The molecule has 3 aromatic carbocycles. The van der Waals surface area contributed by atoms with Crippen LogP contribution in [0.1, 0.15) is 29.2 Å². The Balaban J connectivity index is 1.56. The van der Waals surface area contributed by atoms with Gasteiger partial charge in [-0.1, -0.05) is 30.3 Å². The fourth-order valence-corrected chi connectivity index (χ4v) is 3.99. The summed E-state index contributed by atoms with van der Waals surface area (Å²) in [4.78, 5) is 12.6. The number of halogens is 2. The van der Waals surface area contributed by atoms with Crippen LogP contribution in [0.4, 0.5) is 19.3 Å². The number of alkyl halides is 2. The van der Waals surface area contributed by atoms with Crippen molar-refractivity contribution in [3.63, 3.8) is 0 Å². The van der Waals surface area contributed by atoms with Crippen molar-refractivity contribution in [1.29, 1.82) is 0 Å². The fraction of sp³-hybridized carbons (Fsp3) is 0.269. The lowest BCUT2D eigenvalue weighted by molar-refractivity contribution is -0.0308. The molecule has 2 N–H and O–H groups in total. The Bertz CT molecular complexity index is 1120. The predicted molar refractivity (Wildman–Crippen MR) is 124 cm³/mol. The number of amides is 1. The summed E-state index contributed by atoms with van der Waals surface area (Å²) in [6.07, 6.45) is -0.740. The molecule has 34 heavy (non-hydrogen) atoms. The molecule has 0 saturated carbocycles. The minimum Gasteiger partial charge on any atom is -0.497 e. The van der Waals surface area contributed by atoms with E-state index in [1.54, 1.807) is 18.2 Å². The summed E-state index contributed by atoms with van der Waals surface area (Å²) in [5, 5.41) is 5.71. The Morgan fingerprint density at radius 1 is 1.00 bits per heavy atom. The third-order valence-electron chi connectivity index (χ3n) is 5.85. The molecular weight excluding hydrogens is 442 g/mol. The summed E-state index contributed by atoms with van der Waals surface area (Å²) >= 11 is 0. The van der Waals surface area contributed by atoms with E-state index < -0.39 is 24.1 Å². The fourth-order valence-electron chi connectivity index (χ4n) is 3.99. The Kier molecular flexibility index (Phi) is 6.86. The van der Waals surface area contributed by atoms with Gasteiger partial charge in [-0.05, 0) is 54.4 Å². The molecule has 0 radical (unpaired) electrons. The van der Waals surface area contributed by atoms with Crippen LogP contribution in [0.3, 0.4) is 0 Å². The molecule has 0 fully saturated rings. The van der Waals surface area contributed by atoms with E-state index >= 15 is 8.78 Å². The maximum atomic E-state index is 15.5. The molecule has 0 unspecified atom stereocenters. The van der Waals surface area contributed by atoms with E-state index in [-0.39, 0.29) is 18.6 Å². The average molecular weight is 469 g/mol. The first-order valence-corrected chi connectivity index (χ1v) is 10.8. The molecule has 0 saturated heterocycles. The molecule has 0 spiro atoms. The molecule has 3 aromatic rings. The summed E-state index contributed by atoms with van der Waals surface area (Å²) in [5.74, 6) is -2.16. The van der Waals surface area contributed by atoms with Gasteiger partial charge in [-0.2, -0.15) is 8.78 Å². The maximum Gasteiger partial charge on any atom is 0.407 e. The lowest BCUT2D eigenvalue weighted by atomic mass is 9.87. The third-order valence-corrected chi connectivity index (χ3v) is 5.85. The lowest BCUT2D eigenvalue weighted by Crippen LogP contribution is -2.45. The van der Waals surface area contributed by atoms with E-state index in [1.165, 1.54) is 38.5 Å². The van der Waals surface area contributed by atoms with Crippen LogP contribution in [0.5, 0.6) is 11.5 Å². The minimum absolute atomic E-state index is 0.0559. The topological polar surface area (TPSA) is 68.8 Å². The van der Waals surface area contributed by atoms with Gasteiger partial charge in [-0.25, -0.2) is 4.79 Å². The van der Waals surface area contributed by atoms with Crippen molar-refractivity contribution < 1.29 is 27.8 Å². The van der Waals surface area contributed by atoms with Gasteiger partial charge in [-0.15, -0.1) is 0 Å². The largest absolute Gasteiger partial charge is 0.497 e. The first kappa shape index (κ1) is 23.4. The number of carbonyl (C=O) groups excluding carboxylic acids is 1. The number of hydrogen-bond donors (Lipinski definition) is 2. The number of ether oxygens (including phenoxy) is 3. The maximum absolute atomic E-state index is 15.5. The number of alkyl carbamates (subject to hydrolysis) is 1. The van der Waals surface area contributed by atoms with Gasteiger partial charge < -0.3 is 24.8 Å². The monoisotopic (exact) mass is 468 g/mol. The second-order valence-corrected chi connectivity index (χ2v) is 8.00. The highest BCUT2D eigenvalue weighted by atomic mass is 19.3. The first-order valence-electron chi connectivity index (χ1n) is 10.8. The molecule has 1 aliphatic rings. The van der Waals surface area contributed by atoms with Crippen molar-refractivity contribution in [3.05, 3.63) is 89.5 Å². The van der Waals surface area contributed by atoms with E-state index in [4.69, 9.17) is 14.2 Å². The summed E-state index contributed by atoms with van der Waals surface area (Å²) in [6, 6.07) is 18.1. The zero-order valence-corrected chi connectivity index (χ0v) is 18.9. The van der Waals surface area contributed by atoms with Crippen molar-refractivity contribution in [1.82, 2.24) is 5.32 Å². The van der Waals surface area contributed by atoms with Crippen LogP contribution in [0.2, 0.25) is 0 Å². The van der Waals surface area contributed by atoms with Crippen molar-refractivity contribution in [3.8, 4) is 11.5 Å². The quantitative estimate of drug-likeness (QED) is 0.469. The smallest absolute Gasteiger partial charge is 0.407 e. The van der Waals surface area contributed by atoms with Gasteiger partial charge >= 0.3 is 6.09 Å². The van der Waals surface area contributed by atoms with Crippen LogP contribution in [-0.4, -0.2) is 26.4 Å². The summed E-state index contributed by atoms with van der Waals surface area (Å²) in [7, 11) is 3.00. The van der Waals surface area contributed by atoms with Crippen LogP contribution >= 0.6 is 0 Å². The van der Waals surface area contributed by atoms with Crippen molar-refractivity contribution in [2.24, 2.45) is 0 Å². The SMILES string of the molecule is COc1ccc(C(F)(F)[C@@H]2C[C@H](NC(=O)OCc3ccccc3)c3cc(OC)ccc3N2)cc1. The van der Waals surface area contributed by atoms with Gasteiger partial charge in [0.05, 0.1) is 26.3 Å². The first-order chi connectivity index (χ1) is 16.4. The van der Waals surface area contributed by atoms with Gasteiger partial charge in [0.1, 0.15) is 18.1 Å². The van der Waals surface area contributed by atoms with E-state index in [2.05, 4.69) is 10.6 Å². The number of nitrogens with one attached hydrogen (secondary N) is 2. The Morgan fingerprint density at radius 2 is 1.68 bits per heavy atom. The normalized spacial score (nSPS) is 17.2. The molecule has 1 heterocycles. The second-order valence-electron chi connectivity index (χ2n) is 8.00. The van der Waals surface area contributed by atoms with E-state index in [1.807, 2.05) is 30.3 Å². The van der Waals surface area contributed by atoms with Crippen LogP contribution in [0, 0.1) is 0 Å². The summed E-state index contributed by atoms with van der Waals surface area (Å²) in [6.45, 7) is 0.0774. The molecule has 0 bridgehead atoms. The molecule has 1 amide bonds. The number of benzene rings is 3. The van der Waals surface area contributed by atoms with Gasteiger partial charge in [0.2, 0.25) is 0 Å². The molecule has 6 nitrogen and oxygen atoms in total. The summed E-state index contributed by atoms with van der Waals surface area (Å²) < 4.78 is 46.8. The van der Waals surface area contributed by atoms with Crippen LogP contribution in [0.15, 0.2) is 72.8 Å². The van der Waals surface area contributed by atoms with E-state index in [0.717, 1.165) is 5.56 Å². The van der Waals surface area contributed by atoms with Crippen LogP contribution < -0.4 is 20.1 Å². The molecular formula is C26H26F2N2O4. The number of anilines is 1. The van der Waals surface area contributed by atoms with Crippen LogP contribution in [0.25, 0.3) is 0 Å². The average Bonchev–Trinajstić information content (AvgIpc) is 2.87. The van der Waals surface area contributed by atoms with Gasteiger partial charge in [0.25, 0.3) is 5.92 Å². The van der Waals surface area contributed by atoms with E-state index in [9.17, 15) is 4.79 Å². The number of fused-ring (bicyclic) bond motifs is 1. The molecule has 0 aliphatic carbocycles. The number of hydrogen-bond acceptors (Lipinski definition) is 5. The van der Waals surface area contributed by atoms with Crippen molar-refractivity contribution >= 4 is 11.8 Å². The highest BCUT2D eigenvalue weighted by Gasteiger charge is 2.45. The molecule has 1 aliphatic heterocycles. The number of carbonyl (C=O) groups is 1. The van der Waals surface area contributed by atoms with Crippen LogP contribution in [-0.2, 0) is 17.3 Å². The lowest BCUT2D eigenvalue weighted by Gasteiger charge is -2.37. The minimum atomic E-state index is -3.21. The Morgan fingerprint density at radius 3 is 2.35 bits per heavy atom. The van der Waals surface area contributed by atoms with Gasteiger partial charge in [0.15, 0.2) is 0 Å².